The Kier molecular flexibility index (Phi) is 8.55. The van der Waals surface area contributed by atoms with Crippen LogP contribution in [-0.2, 0) is 33.3 Å². The van der Waals surface area contributed by atoms with Crippen LogP contribution in [0.2, 0.25) is 0 Å². The Balaban J connectivity index is 2.31. The molecule has 0 radical (unpaired) electrons. The fourth-order valence-corrected chi connectivity index (χ4v) is 3.54. The minimum atomic E-state index is -1.70. The van der Waals surface area contributed by atoms with E-state index in [4.69, 9.17) is 18.9 Å². The van der Waals surface area contributed by atoms with E-state index >= 15 is 0 Å². The Labute approximate surface area is 172 Å². The van der Waals surface area contributed by atoms with Gasteiger partial charge in [-0.3, -0.25) is 4.79 Å². The molecule has 0 aromatic rings. The summed E-state index contributed by atoms with van der Waals surface area (Å²) in [6.07, 6.45) is -9.49. The number of aliphatic hydroxyl groups is 5. The minimum Gasteiger partial charge on any atom is -0.471 e. The third-order valence-electron chi connectivity index (χ3n) is 5.22. The summed E-state index contributed by atoms with van der Waals surface area (Å²) in [6.45, 7) is 0.732. The average molecular weight is 436 g/mol. The van der Waals surface area contributed by atoms with E-state index < -0.39 is 73.5 Å². The predicted molar refractivity (Wildman–Crippen MR) is 95.1 cm³/mol. The molecule has 0 aromatic carbocycles. The van der Waals surface area contributed by atoms with Crippen LogP contribution < -0.4 is 0 Å². The van der Waals surface area contributed by atoms with Crippen LogP contribution in [0.5, 0.6) is 0 Å². The standard InChI is InChI=1S/C18H28O12/c1-7(20)12-8(4-11(21)26-2)9(16(25)27-3)6-28-17(12)30-18-15(24)14(23)13(22)10(5-19)29-18/h6-8,10,12-15,17-20,22-24H,4-5H2,1-3H3/t7-,8+,10+,12+,13+,14-,15+,17-,18-/m0/s1. The van der Waals surface area contributed by atoms with Crippen molar-refractivity contribution in [2.24, 2.45) is 11.8 Å². The molecule has 0 amide bonds. The number of carbonyl (C=O) groups excluding carboxylic acids is 2. The second-order valence-corrected chi connectivity index (χ2v) is 7.11. The highest BCUT2D eigenvalue weighted by molar-refractivity contribution is 5.89. The van der Waals surface area contributed by atoms with Gasteiger partial charge >= 0.3 is 11.9 Å². The van der Waals surface area contributed by atoms with Crippen molar-refractivity contribution < 1.29 is 58.8 Å². The second kappa shape index (κ2) is 10.5. The van der Waals surface area contributed by atoms with E-state index in [1.54, 1.807) is 0 Å². The molecule has 0 aromatic heterocycles. The third-order valence-corrected chi connectivity index (χ3v) is 5.22. The number of esters is 2. The zero-order valence-corrected chi connectivity index (χ0v) is 16.8. The number of methoxy groups -OCH3 is 2. The lowest BCUT2D eigenvalue weighted by molar-refractivity contribution is -0.344. The number of hydrogen-bond donors (Lipinski definition) is 5. The van der Waals surface area contributed by atoms with Crippen LogP contribution in [0.25, 0.3) is 0 Å². The molecule has 9 atom stereocenters. The van der Waals surface area contributed by atoms with Crippen molar-refractivity contribution in [3.63, 3.8) is 0 Å². The lowest BCUT2D eigenvalue weighted by Gasteiger charge is -2.44. The molecule has 0 spiro atoms. The zero-order chi connectivity index (χ0) is 22.6. The van der Waals surface area contributed by atoms with Crippen LogP contribution in [0, 0.1) is 11.8 Å². The molecule has 1 saturated heterocycles. The SMILES string of the molecule is COC(=O)C[C@@H]1C(C(=O)OC)=CO[C@@H](O[C@@H]2O[C@H](CO)[C@@H](O)[C@H](O)[C@H]2O)[C@@H]1[C@H](C)O. The average Bonchev–Trinajstić information content (AvgIpc) is 2.73. The number of carbonyl (C=O) groups is 2. The summed E-state index contributed by atoms with van der Waals surface area (Å²) < 4.78 is 25.7. The first-order valence-corrected chi connectivity index (χ1v) is 9.30. The molecule has 2 rings (SSSR count). The van der Waals surface area contributed by atoms with E-state index in [2.05, 4.69) is 4.74 Å². The van der Waals surface area contributed by atoms with E-state index in [1.807, 2.05) is 0 Å². The molecular weight excluding hydrogens is 408 g/mol. The minimum absolute atomic E-state index is 0.0255. The molecule has 2 aliphatic heterocycles. The van der Waals surface area contributed by atoms with Crippen molar-refractivity contribution in [3.8, 4) is 0 Å². The summed E-state index contributed by atoms with van der Waals surface area (Å²) in [4.78, 5) is 24.0. The zero-order valence-electron chi connectivity index (χ0n) is 16.8. The van der Waals surface area contributed by atoms with Gasteiger partial charge in [0, 0.05) is 5.92 Å². The molecule has 12 heteroatoms. The van der Waals surface area contributed by atoms with Crippen molar-refractivity contribution in [2.45, 2.75) is 56.4 Å². The lowest BCUT2D eigenvalue weighted by atomic mass is 9.78. The van der Waals surface area contributed by atoms with Gasteiger partial charge in [0.15, 0.2) is 6.29 Å². The van der Waals surface area contributed by atoms with Gasteiger partial charge in [-0.25, -0.2) is 4.79 Å². The predicted octanol–water partition coefficient (Wildman–Crippen LogP) is -2.61. The maximum Gasteiger partial charge on any atom is 0.337 e. The van der Waals surface area contributed by atoms with Crippen molar-refractivity contribution in [1.29, 1.82) is 0 Å². The van der Waals surface area contributed by atoms with Gasteiger partial charge in [-0.2, -0.15) is 0 Å². The molecule has 2 aliphatic rings. The highest BCUT2D eigenvalue weighted by atomic mass is 16.8. The van der Waals surface area contributed by atoms with Gasteiger partial charge in [-0.1, -0.05) is 0 Å². The summed E-state index contributed by atoms with van der Waals surface area (Å²) in [5.41, 5.74) is -0.0255. The number of aliphatic hydroxyl groups excluding tert-OH is 5. The van der Waals surface area contributed by atoms with Crippen LogP contribution in [0.15, 0.2) is 11.8 Å². The first-order valence-electron chi connectivity index (χ1n) is 9.30. The third kappa shape index (κ3) is 5.09. The first kappa shape index (κ1) is 24.5. The van der Waals surface area contributed by atoms with Gasteiger partial charge in [0.1, 0.15) is 24.4 Å². The number of rotatable bonds is 7. The van der Waals surface area contributed by atoms with E-state index in [0.29, 0.717) is 0 Å². The van der Waals surface area contributed by atoms with Crippen LogP contribution >= 0.6 is 0 Å². The van der Waals surface area contributed by atoms with Gasteiger partial charge in [-0.05, 0) is 6.92 Å². The summed E-state index contributed by atoms with van der Waals surface area (Å²) in [5, 5.41) is 49.6. The molecule has 0 unspecified atom stereocenters. The maximum absolute atomic E-state index is 12.1. The molecule has 30 heavy (non-hydrogen) atoms. The lowest BCUT2D eigenvalue weighted by Crippen LogP contribution is -2.60. The Bertz CT molecular complexity index is 633. The van der Waals surface area contributed by atoms with Crippen molar-refractivity contribution in [2.75, 3.05) is 20.8 Å². The van der Waals surface area contributed by atoms with Crippen LogP contribution in [0.4, 0.5) is 0 Å². The maximum atomic E-state index is 12.1. The molecule has 0 aliphatic carbocycles. The molecule has 2 heterocycles. The topological polar surface area (TPSA) is 181 Å². The molecule has 5 N–H and O–H groups in total. The van der Waals surface area contributed by atoms with E-state index in [9.17, 15) is 35.1 Å². The number of hydrogen-bond acceptors (Lipinski definition) is 12. The highest BCUT2D eigenvalue weighted by Crippen LogP contribution is 2.38. The van der Waals surface area contributed by atoms with E-state index in [-0.39, 0.29) is 12.0 Å². The largest absolute Gasteiger partial charge is 0.471 e. The molecule has 12 nitrogen and oxygen atoms in total. The van der Waals surface area contributed by atoms with Gasteiger partial charge in [0.25, 0.3) is 0 Å². The molecule has 0 bridgehead atoms. The van der Waals surface area contributed by atoms with E-state index in [0.717, 1.165) is 13.4 Å². The first-order chi connectivity index (χ1) is 14.2. The van der Waals surface area contributed by atoms with Gasteiger partial charge in [0.05, 0.1) is 51.1 Å². The van der Waals surface area contributed by atoms with Crippen molar-refractivity contribution in [1.82, 2.24) is 0 Å². The van der Waals surface area contributed by atoms with E-state index in [1.165, 1.54) is 14.0 Å². The van der Waals surface area contributed by atoms with Gasteiger partial charge in [-0.15, -0.1) is 0 Å². The molecule has 1 fully saturated rings. The summed E-state index contributed by atoms with van der Waals surface area (Å²) in [6, 6.07) is 0. The Morgan fingerprint density at radius 2 is 1.77 bits per heavy atom. The van der Waals surface area contributed by atoms with Gasteiger partial charge in [0.2, 0.25) is 6.29 Å². The molecule has 0 saturated carbocycles. The summed E-state index contributed by atoms with van der Waals surface area (Å²) in [5.74, 6) is -3.36. The quantitative estimate of drug-likeness (QED) is 0.263. The Morgan fingerprint density at radius 3 is 2.30 bits per heavy atom. The Hall–Kier alpha value is -1.80. The fourth-order valence-electron chi connectivity index (χ4n) is 3.54. The highest BCUT2D eigenvalue weighted by Gasteiger charge is 2.49. The van der Waals surface area contributed by atoms with Crippen molar-refractivity contribution >= 4 is 11.9 Å². The normalized spacial score (nSPS) is 37.5. The Morgan fingerprint density at radius 1 is 1.10 bits per heavy atom. The number of ether oxygens (including phenoxy) is 5. The summed E-state index contributed by atoms with van der Waals surface area (Å²) >= 11 is 0. The summed E-state index contributed by atoms with van der Waals surface area (Å²) in [7, 11) is 2.31. The smallest absolute Gasteiger partial charge is 0.337 e. The monoisotopic (exact) mass is 436 g/mol. The van der Waals surface area contributed by atoms with Crippen LogP contribution in [0.3, 0.4) is 0 Å². The van der Waals surface area contributed by atoms with Crippen LogP contribution in [0.1, 0.15) is 13.3 Å². The van der Waals surface area contributed by atoms with Crippen molar-refractivity contribution in [3.05, 3.63) is 11.8 Å². The van der Waals surface area contributed by atoms with Gasteiger partial charge < -0.3 is 49.2 Å². The molecular formula is C18H28O12. The second-order valence-electron chi connectivity index (χ2n) is 7.11. The molecule has 172 valence electrons. The van der Waals surface area contributed by atoms with Crippen LogP contribution in [-0.4, -0.2) is 101 Å². The fraction of sp³-hybridized carbons (Fsp3) is 0.778.